The van der Waals surface area contributed by atoms with Gasteiger partial charge in [-0.1, -0.05) is 0 Å². The molecule has 2 fully saturated rings. The lowest BCUT2D eigenvalue weighted by atomic mass is 9.70. The van der Waals surface area contributed by atoms with E-state index in [9.17, 15) is 27.6 Å². The largest absolute Gasteiger partial charge is 0.416 e. The third-order valence-corrected chi connectivity index (χ3v) is 7.93. The number of nitrogens with zero attached hydrogens (tertiary/aromatic N) is 7. The molecule has 1 N–H and O–H groups in total. The van der Waals surface area contributed by atoms with Crippen molar-refractivity contribution in [2.24, 2.45) is 0 Å². The van der Waals surface area contributed by atoms with Crippen LogP contribution in [0.3, 0.4) is 0 Å². The highest BCUT2D eigenvalue weighted by atomic mass is 19.4. The molecule has 0 radical (unpaired) electrons. The summed E-state index contributed by atoms with van der Waals surface area (Å²) in [4.78, 5) is 28.3. The fourth-order valence-corrected chi connectivity index (χ4v) is 5.79. The molecule has 0 bridgehead atoms. The predicted molar refractivity (Wildman–Crippen MR) is 135 cm³/mol. The van der Waals surface area contributed by atoms with Gasteiger partial charge in [0.05, 0.1) is 35.5 Å². The molecular weight excluding hydrogens is 528 g/mol. The summed E-state index contributed by atoms with van der Waals surface area (Å²) >= 11 is 0. The molecule has 1 aromatic carbocycles. The summed E-state index contributed by atoms with van der Waals surface area (Å²) in [6.45, 7) is 1.67. The van der Waals surface area contributed by atoms with Crippen LogP contribution in [0.5, 0.6) is 0 Å². The number of aromatic nitrogens is 5. The van der Waals surface area contributed by atoms with Gasteiger partial charge in [-0.15, -0.1) is 0 Å². The average Bonchev–Trinajstić information content (AvgIpc) is 3.60. The van der Waals surface area contributed by atoms with Crippen LogP contribution >= 0.6 is 0 Å². The second kappa shape index (κ2) is 9.71. The second-order valence-corrected chi connectivity index (χ2v) is 10.3. The van der Waals surface area contributed by atoms with Crippen LogP contribution in [-0.4, -0.2) is 72.7 Å². The first-order chi connectivity index (χ1) is 19.2. The molecule has 13 heteroatoms. The van der Waals surface area contributed by atoms with Gasteiger partial charge in [0.1, 0.15) is 17.8 Å². The first-order valence-corrected chi connectivity index (χ1v) is 12.8. The van der Waals surface area contributed by atoms with Crippen LogP contribution in [0.4, 0.5) is 17.6 Å². The Morgan fingerprint density at radius 3 is 2.65 bits per heavy atom. The molecule has 0 spiro atoms. The van der Waals surface area contributed by atoms with Crippen LogP contribution in [-0.2, 0) is 11.7 Å². The number of carbonyl (C=O) groups excluding carboxylic acids is 1. The van der Waals surface area contributed by atoms with Gasteiger partial charge in [-0.05, 0) is 37.1 Å². The van der Waals surface area contributed by atoms with Crippen molar-refractivity contribution in [3.63, 3.8) is 0 Å². The van der Waals surface area contributed by atoms with E-state index in [1.807, 2.05) is 16.9 Å². The molecule has 40 heavy (non-hydrogen) atoms. The lowest BCUT2D eigenvalue weighted by Gasteiger charge is -2.52. The summed E-state index contributed by atoms with van der Waals surface area (Å²) in [5, 5.41) is 15.1. The molecule has 4 aromatic rings. The van der Waals surface area contributed by atoms with Crippen LogP contribution in [0.25, 0.3) is 22.3 Å². The maximum Gasteiger partial charge on any atom is 0.416 e. The number of H-pyrrole nitrogens is 1. The quantitative estimate of drug-likeness (QED) is 0.372. The molecule has 1 saturated heterocycles. The highest BCUT2D eigenvalue weighted by Gasteiger charge is 2.49. The average molecular weight is 553 g/mol. The topological polar surface area (TPSA) is 107 Å². The minimum Gasteiger partial charge on any atom is -0.346 e. The third-order valence-electron chi connectivity index (χ3n) is 7.93. The van der Waals surface area contributed by atoms with Gasteiger partial charge in [-0.3, -0.25) is 14.4 Å². The zero-order chi connectivity index (χ0) is 28.1. The first-order valence-electron chi connectivity index (χ1n) is 12.8. The van der Waals surface area contributed by atoms with Crippen molar-refractivity contribution < 1.29 is 22.4 Å². The van der Waals surface area contributed by atoms with E-state index in [1.54, 1.807) is 12.4 Å². The van der Waals surface area contributed by atoms with Gasteiger partial charge in [0.2, 0.25) is 0 Å². The number of benzene rings is 1. The van der Waals surface area contributed by atoms with Crippen molar-refractivity contribution in [1.82, 2.24) is 34.5 Å². The Hall–Kier alpha value is -4.31. The van der Waals surface area contributed by atoms with Gasteiger partial charge >= 0.3 is 6.18 Å². The van der Waals surface area contributed by atoms with Gasteiger partial charge in [0.15, 0.2) is 0 Å². The number of piperazine rings is 1. The SMILES string of the molecule is N#CCC1(n2cc(-c3ncnc4[nH]ccc34)cn2)CC(N2CCN(C(=O)c3cc(F)cc(C(F)(F)F)c3)CC2)C1. The summed E-state index contributed by atoms with van der Waals surface area (Å²) in [5.41, 5.74) is 0.339. The van der Waals surface area contributed by atoms with Crippen molar-refractivity contribution in [2.45, 2.75) is 37.0 Å². The molecule has 1 amide bonds. The normalized spacial score (nSPS) is 21.8. The predicted octanol–water partition coefficient (Wildman–Crippen LogP) is 4.21. The number of fused-ring (bicyclic) bond motifs is 1. The highest BCUT2D eigenvalue weighted by Crippen LogP contribution is 2.45. The van der Waals surface area contributed by atoms with Gasteiger partial charge in [0.25, 0.3) is 5.91 Å². The summed E-state index contributed by atoms with van der Waals surface area (Å²) in [7, 11) is 0. The molecule has 206 valence electrons. The smallest absolute Gasteiger partial charge is 0.346 e. The zero-order valence-electron chi connectivity index (χ0n) is 21.2. The van der Waals surface area contributed by atoms with E-state index >= 15 is 0 Å². The number of alkyl halides is 3. The minimum absolute atomic E-state index is 0.166. The minimum atomic E-state index is -4.74. The number of nitrogens with one attached hydrogen (secondary N) is 1. The van der Waals surface area contributed by atoms with E-state index in [0.717, 1.165) is 28.4 Å². The van der Waals surface area contributed by atoms with E-state index in [0.29, 0.717) is 51.2 Å². The number of hydrogen-bond donors (Lipinski definition) is 1. The van der Waals surface area contributed by atoms with Crippen LogP contribution in [0.1, 0.15) is 35.2 Å². The van der Waals surface area contributed by atoms with Gasteiger partial charge in [-0.2, -0.15) is 23.5 Å². The number of aromatic amines is 1. The number of hydrogen-bond acceptors (Lipinski definition) is 6. The summed E-state index contributed by atoms with van der Waals surface area (Å²) in [6.07, 6.45) is 3.86. The van der Waals surface area contributed by atoms with Crippen LogP contribution in [0, 0.1) is 17.1 Å². The van der Waals surface area contributed by atoms with E-state index in [1.165, 1.54) is 11.2 Å². The maximum absolute atomic E-state index is 13.8. The molecular formula is C27H24F4N8O. The van der Waals surface area contributed by atoms with E-state index < -0.39 is 29.0 Å². The molecule has 3 aromatic heterocycles. The lowest BCUT2D eigenvalue weighted by molar-refractivity contribution is -0.137. The number of carbonyl (C=O) groups is 1. The fraction of sp³-hybridized carbons (Fsp3) is 0.370. The van der Waals surface area contributed by atoms with Gasteiger partial charge < -0.3 is 9.88 Å². The number of halogens is 4. The van der Waals surface area contributed by atoms with Gasteiger partial charge in [-0.25, -0.2) is 14.4 Å². The molecule has 6 rings (SSSR count). The number of nitriles is 1. The Morgan fingerprint density at radius 2 is 1.93 bits per heavy atom. The lowest BCUT2D eigenvalue weighted by Crippen LogP contribution is -2.60. The second-order valence-electron chi connectivity index (χ2n) is 10.3. The molecule has 1 aliphatic heterocycles. The summed E-state index contributed by atoms with van der Waals surface area (Å²) in [6, 6.07) is 6.28. The van der Waals surface area contributed by atoms with E-state index in [2.05, 4.69) is 31.0 Å². The van der Waals surface area contributed by atoms with E-state index in [4.69, 9.17) is 0 Å². The summed E-state index contributed by atoms with van der Waals surface area (Å²) in [5.74, 6) is -1.72. The van der Waals surface area contributed by atoms with Crippen molar-refractivity contribution >= 4 is 16.9 Å². The molecule has 1 saturated carbocycles. The Bertz CT molecular complexity index is 1610. The van der Waals surface area contributed by atoms with Gasteiger partial charge in [0, 0.05) is 61.1 Å². The monoisotopic (exact) mass is 552 g/mol. The zero-order valence-corrected chi connectivity index (χ0v) is 21.2. The highest BCUT2D eigenvalue weighted by molar-refractivity contribution is 5.94. The van der Waals surface area contributed by atoms with E-state index in [-0.39, 0.29) is 18.0 Å². The summed E-state index contributed by atoms with van der Waals surface area (Å²) < 4.78 is 54.9. The molecule has 2 aliphatic rings. The molecule has 0 atom stereocenters. The van der Waals surface area contributed by atoms with Crippen molar-refractivity contribution in [1.29, 1.82) is 5.26 Å². The maximum atomic E-state index is 13.8. The van der Waals surface area contributed by atoms with Crippen LogP contribution in [0.15, 0.2) is 49.2 Å². The standard InChI is InChI=1S/C27H24F4N8O/c28-20-10-17(9-19(11-20)27(29,30)31)25(40)38-7-5-37(6-8-38)21-12-26(13-21,2-3-32)39-15-18(14-36-39)23-22-1-4-33-24(22)35-16-34-23/h1,4,9-11,14-16,21H,2,5-8,12-13H2,(H,33,34,35). The Morgan fingerprint density at radius 1 is 1.15 bits per heavy atom. The number of amides is 1. The van der Waals surface area contributed by atoms with Crippen LogP contribution < -0.4 is 0 Å². The molecule has 4 heterocycles. The first kappa shape index (κ1) is 25.9. The Labute approximate surface area is 226 Å². The number of rotatable bonds is 5. The fourth-order valence-electron chi connectivity index (χ4n) is 5.79. The Kier molecular flexibility index (Phi) is 6.29. The van der Waals surface area contributed by atoms with Crippen LogP contribution in [0.2, 0.25) is 0 Å². The Balaban J connectivity index is 1.11. The molecule has 0 unspecified atom stereocenters. The third kappa shape index (κ3) is 4.58. The van der Waals surface area contributed by atoms with Crippen molar-refractivity contribution in [3.05, 3.63) is 66.1 Å². The molecule has 9 nitrogen and oxygen atoms in total. The molecule has 1 aliphatic carbocycles. The van der Waals surface area contributed by atoms with Crippen molar-refractivity contribution in [2.75, 3.05) is 26.2 Å². The van der Waals surface area contributed by atoms with Crippen molar-refractivity contribution in [3.8, 4) is 17.3 Å².